The number of rotatable bonds is 6. The lowest BCUT2D eigenvalue weighted by molar-refractivity contribution is 0.345. The van der Waals surface area contributed by atoms with Gasteiger partial charge in [0.15, 0.2) is 9.84 Å². The van der Waals surface area contributed by atoms with E-state index in [0.717, 1.165) is 38.1 Å². The first-order valence-electron chi connectivity index (χ1n) is 7.61. The van der Waals surface area contributed by atoms with Crippen LogP contribution in [0.4, 0.5) is 0 Å². The zero-order valence-corrected chi connectivity index (χ0v) is 12.2. The maximum absolute atomic E-state index is 12.0. The van der Waals surface area contributed by atoms with Crippen molar-refractivity contribution in [3.8, 4) is 0 Å². The third kappa shape index (κ3) is 4.23. The summed E-state index contributed by atoms with van der Waals surface area (Å²) >= 11 is 0. The van der Waals surface area contributed by atoms with Gasteiger partial charge in [-0.15, -0.1) is 0 Å². The minimum atomic E-state index is -2.83. The standard InChI is InChI=1S/C14H27NO2S/c16-18(17,14-8-4-5-9-14)11-10-15-12-13-6-2-1-3-7-13/h13-15H,1-12H2. The molecule has 2 saturated carbocycles. The van der Waals surface area contributed by atoms with Crippen LogP contribution in [0.1, 0.15) is 57.8 Å². The Hall–Kier alpha value is -0.0900. The predicted molar refractivity (Wildman–Crippen MR) is 75.5 cm³/mol. The van der Waals surface area contributed by atoms with Crippen LogP contribution in [0.25, 0.3) is 0 Å². The molecule has 0 radical (unpaired) electrons. The molecule has 0 aromatic carbocycles. The fourth-order valence-electron chi connectivity index (χ4n) is 3.33. The molecule has 2 aliphatic rings. The van der Waals surface area contributed by atoms with E-state index in [1.165, 1.54) is 32.1 Å². The smallest absolute Gasteiger partial charge is 0.154 e. The Morgan fingerprint density at radius 1 is 0.889 bits per heavy atom. The van der Waals surface area contributed by atoms with Gasteiger partial charge in [0.05, 0.1) is 11.0 Å². The summed E-state index contributed by atoms with van der Waals surface area (Å²) in [5.41, 5.74) is 0. The molecule has 0 amide bonds. The minimum Gasteiger partial charge on any atom is -0.315 e. The van der Waals surface area contributed by atoms with Crippen LogP contribution in [0, 0.1) is 5.92 Å². The highest BCUT2D eigenvalue weighted by Crippen LogP contribution is 2.25. The van der Waals surface area contributed by atoms with Gasteiger partial charge in [0.2, 0.25) is 0 Å². The second-order valence-electron chi connectivity index (χ2n) is 5.98. The first-order valence-corrected chi connectivity index (χ1v) is 9.32. The van der Waals surface area contributed by atoms with Crippen molar-refractivity contribution in [3.63, 3.8) is 0 Å². The first kappa shape index (κ1) is 14.3. The molecule has 0 spiro atoms. The van der Waals surface area contributed by atoms with Gasteiger partial charge < -0.3 is 5.32 Å². The lowest BCUT2D eigenvalue weighted by atomic mass is 9.89. The van der Waals surface area contributed by atoms with Crippen LogP contribution >= 0.6 is 0 Å². The van der Waals surface area contributed by atoms with Crippen molar-refractivity contribution in [2.75, 3.05) is 18.8 Å². The van der Waals surface area contributed by atoms with Crippen LogP contribution in [-0.2, 0) is 9.84 Å². The van der Waals surface area contributed by atoms with E-state index in [-0.39, 0.29) is 5.25 Å². The van der Waals surface area contributed by atoms with Crippen molar-refractivity contribution in [3.05, 3.63) is 0 Å². The van der Waals surface area contributed by atoms with E-state index in [9.17, 15) is 8.42 Å². The quantitative estimate of drug-likeness (QED) is 0.756. The molecule has 0 heterocycles. The van der Waals surface area contributed by atoms with Gasteiger partial charge >= 0.3 is 0 Å². The maximum Gasteiger partial charge on any atom is 0.154 e. The number of sulfone groups is 1. The van der Waals surface area contributed by atoms with E-state index in [1.807, 2.05) is 0 Å². The molecular formula is C14H27NO2S. The topological polar surface area (TPSA) is 46.2 Å². The second-order valence-corrected chi connectivity index (χ2v) is 8.38. The molecule has 0 saturated heterocycles. The largest absolute Gasteiger partial charge is 0.315 e. The molecular weight excluding hydrogens is 246 g/mol. The van der Waals surface area contributed by atoms with Crippen molar-refractivity contribution in [1.82, 2.24) is 5.32 Å². The molecule has 0 atom stereocenters. The fourth-order valence-corrected chi connectivity index (χ4v) is 5.14. The molecule has 0 aromatic heterocycles. The predicted octanol–water partition coefficient (Wildman–Crippen LogP) is 2.51. The van der Waals surface area contributed by atoms with Gasteiger partial charge in [0.25, 0.3) is 0 Å². The van der Waals surface area contributed by atoms with Crippen LogP contribution < -0.4 is 5.32 Å². The molecule has 0 aliphatic heterocycles. The summed E-state index contributed by atoms with van der Waals surface area (Å²) in [6.45, 7) is 1.66. The molecule has 3 nitrogen and oxygen atoms in total. The average molecular weight is 273 g/mol. The van der Waals surface area contributed by atoms with Crippen molar-refractivity contribution >= 4 is 9.84 Å². The van der Waals surface area contributed by atoms with E-state index in [2.05, 4.69) is 5.32 Å². The molecule has 0 bridgehead atoms. The van der Waals surface area contributed by atoms with E-state index < -0.39 is 9.84 Å². The summed E-state index contributed by atoms with van der Waals surface area (Å²) in [6.07, 6.45) is 10.7. The third-order valence-corrected chi connectivity index (χ3v) is 6.79. The Balaban J connectivity index is 1.62. The first-order chi connectivity index (χ1) is 8.68. The molecule has 4 heteroatoms. The van der Waals surface area contributed by atoms with Crippen LogP contribution in [0.3, 0.4) is 0 Å². The molecule has 2 aliphatic carbocycles. The van der Waals surface area contributed by atoms with Gasteiger partial charge in [0.1, 0.15) is 0 Å². The number of hydrogen-bond acceptors (Lipinski definition) is 3. The number of nitrogens with one attached hydrogen (secondary N) is 1. The lowest BCUT2D eigenvalue weighted by Crippen LogP contribution is -2.32. The highest BCUT2D eigenvalue weighted by molar-refractivity contribution is 7.92. The van der Waals surface area contributed by atoms with Crippen molar-refractivity contribution in [2.24, 2.45) is 5.92 Å². The Labute approximate surface area is 112 Å². The SMILES string of the molecule is O=S(=O)(CCNCC1CCCCC1)C1CCCC1. The highest BCUT2D eigenvalue weighted by atomic mass is 32.2. The van der Waals surface area contributed by atoms with Crippen LogP contribution in [0.5, 0.6) is 0 Å². The molecule has 1 N–H and O–H groups in total. The molecule has 106 valence electrons. The van der Waals surface area contributed by atoms with Gasteiger partial charge in [-0.05, 0) is 38.1 Å². The van der Waals surface area contributed by atoms with E-state index in [4.69, 9.17) is 0 Å². The maximum atomic E-state index is 12.0. The zero-order chi connectivity index (χ0) is 12.8. The normalized spacial score (nSPS) is 23.6. The minimum absolute atomic E-state index is 0.0334. The molecule has 0 unspecified atom stereocenters. The summed E-state index contributed by atoms with van der Waals surface area (Å²) in [5, 5.41) is 3.32. The van der Waals surface area contributed by atoms with Crippen molar-refractivity contribution in [1.29, 1.82) is 0 Å². The third-order valence-electron chi connectivity index (χ3n) is 4.53. The number of hydrogen-bond donors (Lipinski definition) is 1. The Bertz CT molecular complexity index is 328. The Morgan fingerprint density at radius 2 is 1.50 bits per heavy atom. The zero-order valence-electron chi connectivity index (χ0n) is 11.4. The van der Waals surface area contributed by atoms with Crippen molar-refractivity contribution < 1.29 is 8.42 Å². The molecule has 2 fully saturated rings. The average Bonchev–Trinajstić information content (AvgIpc) is 2.91. The summed E-state index contributed by atoms with van der Waals surface area (Å²) < 4.78 is 24.1. The van der Waals surface area contributed by atoms with E-state index in [0.29, 0.717) is 12.3 Å². The van der Waals surface area contributed by atoms with E-state index >= 15 is 0 Å². The summed E-state index contributed by atoms with van der Waals surface area (Å²) in [4.78, 5) is 0. The van der Waals surface area contributed by atoms with Gasteiger partial charge in [0, 0.05) is 6.54 Å². The molecule has 2 rings (SSSR count). The van der Waals surface area contributed by atoms with Gasteiger partial charge in [-0.25, -0.2) is 8.42 Å². The highest BCUT2D eigenvalue weighted by Gasteiger charge is 2.28. The monoisotopic (exact) mass is 273 g/mol. The second kappa shape index (κ2) is 6.90. The van der Waals surface area contributed by atoms with E-state index in [1.54, 1.807) is 0 Å². The van der Waals surface area contributed by atoms with Crippen LogP contribution in [-0.4, -0.2) is 32.5 Å². The van der Waals surface area contributed by atoms with Gasteiger partial charge in [-0.2, -0.15) is 0 Å². The van der Waals surface area contributed by atoms with Crippen LogP contribution in [0.15, 0.2) is 0 Å². The Kier molecular flexibility index (Phi) is 5.49. The summed E-state index contributed by atoms with van der Waals surface area (Å²) in [6, 6.07) is 0. The van der Waals surface area contributed by atoms with Crippen LogP contribution in [0.2, 0.25) is 0 Å². The summed E-state index contributed by atoms with van der Waals surface area (Å²) in [7, 11) is -2.83. The Morgan fingerprint density at radius 3 is 2.17 bits per heavy atom. The lowest BCUT2D eigenvalue weighted by Gasteiger charge is -2.22. The van der Waals surface area contributed by atoms with Gasteiger partial charge in [-0.3, -0.25) is 0 Å². The molecule has 18 heavy (non-hydrogen) atoms. The van der Waals surface area contributed by atoms with Gasteiger partial charge in [-0.1, -0.05) is 32.1 Å². The fraction of sp³-hybridized carbons (Fsp3) is 1.00. The summed E-state index contributed by atoms with van der Waals surface area (Å²) in [5.74, 6) is 1.12. The molecule has 0 aromatic rings. The van der Waals surface area contributed by atoms with Crippen molar-refractivity contribution in [2.45, 2.75) is 63.0 Å².